The summed E-state index contributed by atoms with van der Waals surface area (Å²) in [5.41, 5.74) is 0.770. The first-order valence-corrected chi connectivity index (χ1v) is 12.3. The maximum absolute atomic E-state index is 12.8. The SMILES string of the molecule is CCCOc1cc(OC(=O)C(C)(C)C)c(CC)cc1C=CC(=O)c1ccc(OC(=O)C(C)(C)C)cc1. The summed E-state index contributed by atoms with van der Waals surface area (Å²) in [5, 5.41) is 0. The second-order valence-corrected chi connectivity index (χ2v) is 10.7. The van der Waals surface area contributed by atoms with Gasteiger partial charge in [0.1, 0.15) is 17.2 Å². The molecule has 0 aromatic heterocycles. The molecule has 0 aliphatic rings. The van der Waals surface area contributed by atoms with Crippen LogP contribution in [0.5, 0.6) is 17.2 Å². The zero-order valence-corrected chi connectivity index (χ0v) is 22.7. The topological polar surface area (TPSA) is 78.9 Å². The Hall–Kier alpha value is -3.41. The van der Waals surface area contributed by atoms with Crippen molar-refractivity contribution in [1.29, 1.82) is 0 Å². The Bertz CT molecular complexity index is 1110. The van der Waals surface area contributed by atoms with Crippen LogP contribution in [0.1, 0.15) is 83.3 Å². The number of carbonyl (C=O) groups excluding carboxylic acids is 3. The van der Waals surface area contributed by atoms with Crippen LogP contribution in [0.4, 0.5) is 0 Å². The van der Waals surface area contributed by atoms with E-state index in [-0.39, 0.29) is 17.7 Å². The summed E-state index contributed by atoms with van der Waals surface area (Å²) < 4.78 is 17.0. The Morgan fingerprint density at radius 1 is 0.806 bits per heavy atom. The summed E-state index contributed by atoms with van der Waals surface area (Å²) in [6.45, 7) is 15.2. The van der Waals surface area contributed by atoms with E-state index in [1.54, 1.807) is 78.0 Å². The van der Waals surface area contributed by atoms with Crippen molar-refractivity contribution in [3.05, 3.63) is 59.2 Å². The van der Waals surface area contributed by atoms with E-state index in [0.717, 1.165) is 17.5 Å². The van der Waals surface area contributed by atoms with Crippen LogP contribution in [0.15, 0.2) is 42.5 Å². The first-order chi connectivity index (χ1) is 16.8. The lowest BCUT2D eigenvalue weighted by Crippen LogP contribution is -2.26. The predicted molar refractivity (Wildman–Crippen MR) is 142 cm³/mol. The number of hydrogen-bond acceptors (Lipinski definition) is 6. The molecule has 0 bridgehead atoms. The summed E-state index contributed by atoms with van der Waals surface area (Å²) in [6, 6.07) is 10.1. The van der Waals surface area contributed by atoms with E-state index in [4.69, 9.17) is 14.2 Å². The molecule has 0 saturated carbocycles. The van der Waals surface area contributed by atoms with Gasteiger partial charge < -0.3 is 14.2 Å². The zero-order valence-electron chi connectivity index (χ0n) is 22.7. The molecular formula is C30H38O6. The first-order valence-electron chi connectivity index (χ1n) is 12.3. The van der Waals surface area contributed by atoms with Gasteiger partial charge in [-0.15, -0.1) is 0 Å². The highest BCUT2D eigenvalue weighted by atomic mass is 16.5. The Morgan fingerprint density at radius 2 is 1.39 bits per heavy atom. The number of ether oxygens (including phenoxy) is 3. The van der Waals surface area contributed by atoms with E-state index in [2.05, 4.69) is 0 Å². The fourth-order valence-corrected chi connectivity index (χ4v) is 2.93. The third-order valence-electron chi connectivity index (χ3n) is 5.23. The number of aryl methyl sites for hydroxylation is 1. The highest BCUT2D eigenvalue weighted by Crippen LogP contribution is 2.33. The van der Waals surface area contributed by atoms with Crippen LogP contribution in [0.3, 0.4) is 0 Å². The normalized spacial score (nSPS) is 11.9. The Labute approximate surface area is 214 Å². The number of ketones is 1. The van der Waals surface area contributed by atoms with Crippen molar-refractivity contribution >= 4 is 23.8 Å². The average Bonchev–Trinajstić information content (AvgIpc) is 2.80. The Kier molecular flexibility index (Phi) is 9.62. The molecule has 0 heterocycles. The van der Waals surface area contributed by atoms with Crippen LogP contribution < -0.4 is 14.2 Å². The van der Waals surface area contributed by atoms with Gasteiger partial charge in [0.2, 0.25) is 0 Å². The third-order valence-corrected chi connectivity index (χ3v) is 5.23. The molecule has 6 heteroatoms. The second-order valence-electron chi connectivity index (χ2n) is 10.7. The van der Waals surface area contributed by atoms with Gasteiger partial charge in [0, 0.05) is 17.2 Å². The summed E-state index contributed by atoms with van der Waals surface area (Å²) in [6.07, 6.45) is 4.63. The van der Waals surface area contributed by atoms with Gasteiger partial charge in [0.25, 0.3) is 0 Å². The monoisotopic (exact) mass is 494 g/mol. The van der Waals surface area contributed by atoms with Gasteiger partial charge in [-0.05, 0) is 102 Å². The van der Waals surface area contributed by atoms with Crippen LogP contribution in [-0.4, -0.2) is 24.3 Å². The van der Waals surface area contributed by atoms with E-state index < -0.39 is 10.8 Å². The summed E-state index contributed by atoms with van der Waals surface area (Å²) >= 11 is 0. The number of esters is 2. The number of carbonyl (C=O) groups is 3. The molecule has 2 rings (SSSR count). The standard InChI is InChI=1S/C30H38O6/c1-9-17-34-25-19-26(36-28(33)30(6,7)8)20(10-2)18-22(25)13-16-24(31)21-11-14-23(15-12-21)35-27(32)29(3,4)5/h11-16,18-19H,9-10,17H2,1-8H3. The molecule has 0 spiro atoms. The van der Waals surface area contributed by atoms with E-state index in [0.29, 0.717) is 35.8 Å². The lowest BCUT2D eigenvalue weighted by Gasteiger charge is -2.19. The molecule has 0 N–H and O–H groups in total. The highest BCUT2D eigenvalue weighted by molar-refractivity contribution is 6.07. The Morgan fingerprint density at radius 3 is 1.92 bits per heavy atom. The molecule has 0 radical (unpaired) electrons. The van der Waals surface area contributed by atoms with Gasteiger partial charge in [-0.2, -0.15) is 0 Å². The lowest BCUT2D eigenvalue weighted by atomic mass is 9.97. The molecule has 0 aliphatic carbocycles. The lowest BCUT2D eigenvalue weighted by molar-refractivity contribution is -0.143. The Balaban J connectivity index is 2.29. The first kappa shape index (κ1) is 28.8. The van der Waals surface area contributed by atoms with E-state index >= 15 is 0 Å². The number of hydrogen-bond donors (Lipinski definition) is 0. The van der Waals surface area contributed by atoms with Gasteiger partial charge in [0.05, 0.1) is 17.4 Å². The van der Waals surface area contributed by atoms with Crippen LogP contribution >= 0.6 is 0 Å². The molecule has 0 unspecified atom stereocenters. The van der Waals surface area contributed by atoms with Crippen molar-refractivity contribution in [2.45, 2.75) is 68.2 Å². The zero-order chi connectivity index (χ0) is 27.1. The number of benzene rings is 2. The minimum atomic E-state index is -0.638. The maximum atomic E-state index is 12.8. The summed E-state index contributed by atoms with van der Waals surface area (Å²) in [4.78, 5) is 37.3. The molecule has 6 nitrogen and oxygen atoms in total. The van der Waals surface area contributed by atoms with Gasteiger partial charge in [-0.1, -0.05) is 13.8 Å². The minimum Gasteiger partial charge on any atom is -0.493 e. The molecule has 0 fully saturated rings. The second kappa shape index (κ2) is 12.0. The van der Waals surface area contributed by atoms with Crippen LogP contribution in [0.25, 0.3) is 6.08 Å². The van der Waals surface area contributed by atoms with Crippen molar-refractivity contribution in [3.8, 4) is 17.2 Å². The van der Waals surface area contributed by atoms with Gasteiger partial charge in [0.15, 0.2) is 5.78 Å². The van der Waals surface area contributed by atoms with Crippen LogP contribution in [0.2, 0.25) is 0 Å². The predicted octanol–water partition coefficient (Wildman–Crippen LogP) is 6.84. The van der Waals surface area contributed by atoms with E-state index in [9.17, 15) is 14.4 Å². The fraction of sp³-hybridized carbons (Fsp3) is 0.433. The third kappa shape index (κ3) is 8.08. The van der Waals surface area contributed by atoms with Crippen LogP contribution in [-0.2, 0) is 16.0 Å². The quantitative estimate of drug-likeness (QED) is 0.164. The molecule has 36 heavy (non-hydrogen) atoms. The summed E-state index contributed by atoms with van der Waals surface area (Å²) in [5.74, 6) is 0.523. The number of rotatable bonds is 9. The molecular weight excluding hydrogens is 456 g/mol. The molecule has 194 valence electrons. The highest BCUT2D eigenvalue weighted by Gasteiger charge is 2.25. The molecule has 0 amide bonds. The van der Waals surface area contributed by atoms with E-state index in [1.165, 1.54) is 6.08 Å². The number of allylic oxidation sites excluding steroid dienone is 1. The van der Waals surface area contributed by atoms with Crippen molar-refractivity contribution in [2.24, 2.45) is 10.8 Å². The van der Waals surface area contributed by atoms with E-state index in [1.807, 2.05) is 19.9 Å². The smallest absolute Gasteiger partial charge is 0.316 e. The minimum absolute atomic E-state index is 0.202. The molecule has 2 aromatic carbocycles. The van der Waals surface area contributed by atoms with Crippen molar-refractivity contribution in [2.75, 3.05) is 6.61 Å². The van der Waals surface area contributed by atoms with Crippen molar-refractivity contribution < 1.29 is 28.6 Å². The fourth-order valence-electron chi connectivity index (χ4n) is 2.93. The van der Waals surface area contributed by atoms with Gasteiger partial charge in [-0.25, -0.2) is 0 Å². The molecule has 2 aromatic rings. The largest absolute Gasteiger partial charge is 0.493 e. The molecule has 0 saturated heterocycles. The van der Waals surface area contributed by atoms with Gasteiger partial charge in [-0.3, -0.25) is 14.4 Å². The molecule has 0 aliphatic heterocycles. The van der Waals surface area contributed by atoms with Crippen molar-refractivity contribution in [1.82, 2.24) is 0 Å². The van der Waals surface area contributed by atoms with Crippen LogP contribution in [0, 0.1) is 10.8 Å². The van der Waals surface area contributed by atoms with Crippen molar-refractivity contribution in [3.63, 3.8) is 0 Å². The maximum Gasteiger partial charge on any atom is 0.316 e. The van der Waals surface area contributed by atoms with Gasteiger partial charge >= 0.3 is 11.9 Å². The molecule has 0 atom stereocenters. The summed E-state index contributed by atoms with van der Waals surface area (Å²) in [7, 11) is 0. The average molecular weight is 495 g/mol.